The monoisotopic (exact) mass is 330 g/mol. The Balaban J connectivity index is 2.14. The van der Waals surface area contributed by atoms with E-state index in [2.05, 4.69) is 0 Å². The van der Waals surface area contributed by atoms with Crippen LogP contribution in [0.3, 0.4) is 0 Å². The summed E-state index contributed by atoms with van der Waals surface area (Å²) in [7, 11) is 1.48. The first-order valence-corrected chi connectivity index (χ1v) is 7.49. The first-order chi connectivity index (χ1) is 11.4. The second-order valence-electron chi connectivity index (χ2n) is 5.70. The van der Waals surface area contributed by atoms with Crippen LogP contribution in [0, 0.1) is 0 Å². The van der Waals surface area contributed by atoms with Crippen LogP contribution in [0.15, 0.2) is 60.2 Å². The van der Waals surface area contributed by atoms with Crippen molar-refractivity contribution in [2.75, 3.05) is 7.11 Å². The van der Waals surface area contributed by atoms with E-state index in [0.29, 0.717) is 16.9 Å². The minimum atomic E-state index is -3.49. The molecule has 1 aliphatic carbocycles. The number of benzene rings is 2. The Morgan fingerprint density at radius 2 is 1.88 bits per heavy atom. The van der Waals surface area contributed by atoms with Crippen molar-refractivity contribution in [3.05, 3.63) is 71.3 Å². The highest BCUT2D eigenvalue weighted by atomic mass is 19.3. The van der Waals surface area contributed by atoms with E-state index in [0.717, 1.165) is 0 Å². The van der Waals surface area contributed by atoms with Gasteiger partial charge in [-0.3, -0.25) is 4.79 Å². The number of aliphatic hydroxyl groups is 1. The molecule has 1 N–H and O–H groups in total. The van der Waals surface area contributed by atoms with Gasteiger partial charge in [-0.25, -0.2) is 0 Å². The first-order valence-electron chi connectivity index (χ1n) is 7.49. The molecule has 0 heterocycles. The standard InChI is InChI=1S/C19H16F2O3/c1-24-14-9-5-8-13(10-14)15-11-19(20,21)18(23)16(15)17(22)12-6-3-2-4-7-12/h2-10,15,22H,11H2,1H3/b17-16+. The minimum absolute atomic E-state index is 0.251. The summed E-state index contributed by atoms with van der Waals surface area (Å²) >= 11 is 0. The molecule has 3 rings (SSSR count). The Morgan fingerprint density at radius 1 is 1.17 bits per heavy atom. The predicted molar refractivity (Wildman–Crippen MR) is 86.3 cm³/mol. The number of halogens is 2. The molecule has 2 aromatic carbocycles. The van der Waals surface area contributed by atoms with E-state index in [1.165, 1.54) is 7.11 Å². The summed E-state index contributed by atoms with van der Waals surface area (Å²) in [6.45, 7) is 0. The van der Waals surface area contributed by atoms with E-state index in [1.807, 2.05) is 0 Å². The summed E-state index contributed by atoms with van der Waals surface area (Å²) in [6, 6.07) is 14.9. The summed E-state index contributed by atoms with van der Waals surface area (Å²) in [5, 5.41) is 10.5. The molecule has 3 nitrogen and oxygen atoms in total. The number of Topliss-reactive ketones (excluding diaryl/α,β-unsaturated/α-hetero) is 1. The molecule has 0 aliphatic heterocycles. The molecule has 2 aromatic rings. The summed E-state index contributed by atoms with van der Waals surface area (Å²) in [5.41, 5.74) is 0.600. The van der Waals surface area contributed by atoms with Crippen LogP contribution < -0.4 is 4.74 Å². The predicted octanol–water partition coefficient (Wildman–Crippen LogP) is 4.36. The van der Waals surface area contributed by atoms with Crippen LogP contribution >= 0.6 is 0 Å². The molecule has 1 aliphatic rings. The van der Waals surface area contributed by atoms with Gasteiger partial charge in [0.1, 0.15) is 11.5 Å². The van der Waals surface area contributed by atoms with E-state index in [1.54, 1.807) is 54.6 Å². The Hall–Kier alpha value is -2.69. The topological polar surface area (TPSA) is 46.5 Å². The van der Waals surface area contributed by atoms with Crippen LogP contribution in [0.5, 0.6) is 5.75 Å². The molecule has 24 heavy (non-hydrogen) atoms. The Kier molecular flexibility index (Phi) is 4.09. The molecule has 0 spiro atoms. The van der Waals surface area contributed by atoms with Crippen molar-refractivity contribution >= 4 is 11.5 Å². The van der Waals surface area contributed by atoms with E-state index in [-0.39, 0.29) is 5.57 Å². The van der Waals surface area contributed by atoms with Crippen LogP contribution in [-0.4, -0.2) is 23.9 Å². The van der Waals surface area contributed by atoms with Gasteiger partial charge in [0, 0.05) is 17.9 Å². The Bertz CT molecular complexity index is 797. The zero-order valence-corrected chi connectivity index (χ0v) is 13.0. The molecule has 0 aromatic heterocycles. The molecule has 0 bridgehead atoms. The fourth-order valence-electron chi connectivity index (χ4n) is 2.97. The summed E-state index contributed by atoms with van der Waals surface area (Å²) < 4.78 is 33.2. The second-order valence-corrected chi connectivity index (χ2v) is 5.70. The Morgan fingerprint density at radius 3 is 2.54 bits per heavy atom. The van der Waals surface area contributed by atoms with Gasteiger partial charge in [0.05, 0.1) is 12.7 Å². The number of rotatable bonds is 3. The van der Waals surface area contributed by atoms with Crippen molar-refractivity contribution in [1.82, 2.24) is 0 Å². The summed E-state index contributed by atoms with van der Waals surface area (Å²) in [4.78, 5) is 12.2. The lowest BCUT2D eigenvalue weighted by atomic mass is 9.91. The van der Waals surface area contributed by atoms with Gasteiger partial charge in [-0.2, -0.15) is 8.78 Å². The average molecular weight is 330 g/mol. The van der Waals surface area contributed by atoms with Gasteiger partial charge in [0.15, 0.2) is 0 Å². The lowest BCUT2D eigenvalue weighted by Gasteiger charge is -2.14. The van der Waals surface area contributed by atoms with Gasteiger partial charge in [-0.05, 0) is 17.7 Å². The van der Waals surface area contributed by atoms with E-state index < -0.39 is 29.8 Å². The number of ether oxygens (including phenoxy) is 1. The number of alkyl halides is 2. The SMILES string of the molecule is COc1cccc(C2CC(F)(F)C(=O)/C2=C(/O)c2ccccc2)c1. The van der Waals surface area contributed by atoms with E-state index in [9.17, 15) is 18.7 Å². The minimum Gasteiger partial charge on any atom is -0.507 e. The fraction of sp³-hybridized carbons (Fsp3) is 0.211. The normalized spacial score (nSPS) is 21.6. The third-order valence-corrected chi connectivity index (χ3v) is 4.18. The highest BCUT2D eigenvalue weighted by Gasteiger charge is 2.53. The second kappa shape index (κ2) is 6.07. The highest BCUT2D eigenvalue weighted by molar-refractivity contribution is 6.09. The maximum absolute atomic E-state index is 14.1. The van der Waals surface area contributed by atoms with E-state index >= 15 is 0 Å². The van der Waals surface area contributed by atoms with Crippen LogP contribution in [0.4, 0.5) is 8.78 Å². The van der Waals surface area contributed by atoms with Crippen LogP contribution in [-0.2, 0) is 4.79 Å². The Labute approximate surface area is 138 Å². The number of hydrogen-bond donors (Lipinski definition) is 1. The molecular formula is C19H16F2O3. The zero-order valence-electron chi connectivity index (χ0n) is 13.0. The van der Waals surface area contributed by atoms with Crippen molar-refractivity contribution in [3.63, 3.8) is 0 Å². The van der Waals surface area contributed by atoms with Gasteiger partial charge in [-0.1, -0.05) is 42.5 Å². The smallest absolute Gasteiger partial charge is 0.310 e. The third kappa shape index (κ3) is 2.77. The third-order valence-electron chi connectivity index (χ3n) is 4.18. The lowest BCUT2D eigenvalue weighted by molar-refractivity contribution is -0.135. The quantitative estimate of drug-likeness (QED) is 0.672. The van der Waals surface area contributed by atoms with Crippen LogP contribution in [0.2, 0.25) is 0 Å². The summed E-state index contributed by atoms with van der Waals surface area (Å²) in [5.74, 6) is -5.59. The number of hydrogen-bond acceptors (Lipinski definition) is 3. The molecule has 1 saturated carbocycles. The molecule has 5 heteroatoms. The number of carbonyl (C=O) groups is 1. The molecule has 1 atom stereocenters. The number of ketones is 1. The molecule has 0 amide bonds. The molecular weight excluding hydrogens is 314 g/mol. The highest BCUT2D eigenvalue weighted by Crippen LogP contribution is 2.48. The van der Waals surface area contributed by atoms with Crippen LogP contribution in [0.25, 0.3) is 5.76 Å². The first kappa shape index (κ1) is 16.2. The van der Waals surface area contributed by atoms with E-state index in [4.69, 9.17) is 4.74 Å². The van der Waals surface area contributed by atoms with Gasteiger partial charge in [0.2, 0.25) is 5.78 Å². The number of aliphatic hydroxyl groups excluding tert-OH is 1. The lowest BCUT2D eigenvalue weighted by Crippen LogP contribution is -2.22. The maximum atomic E-state index is 14.1. The van der Waals surface area contributed by atoms with Crippen molar-refractivity contribution in [2.24, 2.45) is 0 Å². The van der Waals surface area contributed by atoms with Crippen LogP contribution in [0.1, 0.15) is 23.5 Å². The van der Waals surface area contributed by atoms with Crippen molar-refractivity contribution in [2.45, 2.75) is 18.3 Å². The molecule has 0 saturated heterocycles. The number of allylic oxidation sites excluding steroid dienone is 1. The molecule has 1 unspecified atom stereocenters. The van der Waals surface area contributed by atoms with Gasteiger partial charge in [0.25, 0.3) is 0 Å². The largest absolute Gasteiger partial charge is 0.507 e. The molecule has 0 radical (unpaired) electrons. The average Bonchev–Trinajstić information content (AvgIpc) is 2.85. The fourth-order valence-corrected chi connectivity index (χ4v) is 2.97. The number of methoxy groups -OCH3 is 1. The zero-order chi connectivity index (χ0) is 17.3. The van der Waals surface area contributed by atoms with Gasteiger partial charge in [-0.15, -0.1) is 0 Å². The van der Waals surface area contributed by atoms with Gasteiger partial charge < -0.3 is 9.84 Å². The maximum Gasteiger partial charge on any atom is 0.310 e. The van der Waals surface area contributed by atoms with Crippen molar-refractivity contribution < 1.29 is 23.4 Å². The number of carbonyl (C=O) groups excluding carboxylic acids is 1. The molecule has 124 valence electrons. The summed E-state index contributed by atoms with van der Waals surface area (Å²) in [6.07, 6.45) is -0.661. The van der Waals surface area contributed by atoms with Crippen molar-refractivity contribution in [1.29, 1.82) is 0 Å². The molecule has 1 fully saturated rings. The van der Waals surface area contributed by atoms with Crippen molar-refractivity contribution in [3.8, 4) is 5.75 Å². The van der Waals surface area contributed by atoms with Gasteiger partial charge >= 0.3 is 5.92 Å².